The molecule has 0 spiro atoms. The summed E-state index contributed by atoms with van der Waals surface area (Å²) < 4.78 is 4.83. The van der Waals surface area contributed by atoms with Crippen LogP contribution >= 0.6 is 0 Å². The van der Waals surface area contributed by atoms with Gasteiger partial charge < -0.3 is 15.4 Å². The third kappa shape index (κ3) is 5.42. The van der Waals surface area contributed by atoms with Crippen molar-refractivity contribution in [2.75, 3.05) is 13.7 Å². The van der Waals surface area contributed by atoms with Crippen LogP contribution in [0.25, 0.3) is 10.8 Å². The second kappa shape index (κ2) is 9.50. The number of carbonyl (C=O) groups is 3. The van der Waals surface area contributed by atoms with E-state index in [0.717, 1.165) is 16.3 Å². The number of ether oxygens (including phenoxy) is 1. The molecule has 0 radical (unpaired) electrons. The Bertz CT molecular complexity index is 1020. The maximum Gasteiger partial charge on any atom is 0.328 e. The van der Waals surface area contributed by atoms with E-state index >= 15 is 0 Å². The maximum atomic E-state index is 12.3. The minimum atomic E-state index is -0.845. The zero-order valence-electron chi connectivity index (χ0n) is 16.1. The monoisotopic (exact) mass is 390 g/mol. The van der Waals surface area contributed by atoms with E-state index < -0.39 is 17.9 Å². The first-order valence-electron chi connectivity index (χ1n) is 9.25. The normalized spacial score (nSPS) is 11.5. The van der Waals surface area contributed by atoms with Gasteiger partial charge in [0, 0.05) is 12.0 Å². The fourth-order valence-electron chi connectivity index (χ4n) is 3.03. The highest BCUT2D eigenvalue weighted by molar-refractivity contribution is 5.96. The second-order valence-electron chi connectivity index (χ2n) is 6.58. The molecular weight excluding hydrogens is 368 g/mol. The summed E-state index contributed by atoms with van der Waals surface area (Å²) in [5, 5.41) is 7.34. The molecule has 0 bridgehead atoms. The first-order valence-corrected chi connectivity index (χ1v) is 9.25. The van der Waals surface area contributed by atoms with Crippen LogP contribution in [0.15, 0.2) is 72.8 Å². The van der Waals surface area contributed by atoms with Crippen LogP contribution in [0.5, 0.6) is 0 Å². The summed E-state index contributed by atoms with van der Waals surface area (Å²) in [4.78, 5) is 36.5. The van der Waals surface area contributed by atoms with E-state index in [-0.39, 0.29) is 18.9 Å². The molecule has 0 aliphatic heterocycles. The number of esters is 1. The molecule has 3 rings (SSSR count). The first kappa shape index (κ1) is 20.1. The molecule has 0 saturated carbocycles. The topological polar surface area (TPSA) is 84.5 Å². The fraction of sp³-hybridized carbons (Fsp3) is 0.174. The Morgan fingerprint density at radius 1 is 0.897 bits per heavy atom. The van der Waals surface area contributed by atoms with Gasteiger partial charge in [-0.1, -0.05) is 60.7 Å². The van der Waals surface area contributed by atoms with E-state index in [9.17, 15) is 14.4 Å². The quantitative estimate of drug-likeness (QED) is 0.607. The number of hydrogen-bond acceptors (Lipinski definition) is 4. The molecule has 6 heteroatoms. The smallest absolute Gasteiger partial charge is 0.328 e. The molecule has 3 aromatic rings. The van der Waals surface area contributed by atoms with Crippen LogP contribution in [0.1, 0.15) is 15.9 Å². The molecule has 2 amide bonds. The zero-order chi connectivity index (χ0) is 20.6. The predicted molar refractivity (Wildman–Crippen MR) is 110 cm³/mol. The summed E-state index contributed by atoms with van der Waals surface area (Å²) in [6.07, 6.45) is 0.288. The van der Waals surface area contributed by atoms with Gasteiger partial charge in [0.1, 0.15) is 6.04 Å². The molecule has 3 aromatic carbocycles. The molecule has 2 N–H and O–H groups in total. The minimum absolute atomic E-state index is 0.237. The van der Waals surface area contributed by atoms with Crippen LogP contribution < -0.4 is 10.6 Å². The Balaban J connectivity index is 1.62. The van der Waals surface area contributed by atoms with Gasteiger partial charge in [-0.3, -0.25) is 9.59 Å². The van der Waals surface area contributed by atoms with Gasteiger partial charge in [0.15, 0.2) is 0 Å². The van der Waals surface area contributed by atoms with Gasteiger partial charge in [-0.25, -0.2) is 4.79 Å². The van der Waals surface area contributed by atoms with Gasteiger partial charge in [-0.15, -0.1) is 0 Å². The lowest BCUT2D eigenvalue weighted by molar-refractivity contribution is -0.144. The fourth-order valence-corrected chi connectivity index (χ4v) is 3.03. The third-order valence-electron chi connectivity index (χ3n) is 4.52. The highest BCUT2D eigenvalue weighted by Crippen LogP contribution is 2.17. The summed E-state index contributed by atoms with van der Waals surface area (Å²) in [6.45, 7) is -0.237. The number of hydrogen-bond donors (Lipinski definition) is 2. The average molecular weight is 390 g/mol. The van der Waals surface area contributed by atoms with E-state index in [0.29, 0.717) is 5.56 Å². The lowest BCUT2D eigenvalue weighted by Gasteiger charge is -2.17. The number of benzene rings is 3. The molecule has 0 unspecified atom stereocenters. The third-order valence-corrected chi connectivity index (χ3v) is 4.52. The average Bonchev–Trinajstić information content (AvgIpc) is 2.77. The predicted octanol–water partition coefficient (Wildman–Crippen LogP) is 2.47. The number of fused-ring (bicyclic) bond motifs is 1. The van der Waals surface area contributed by atoms with Gasteiger partial charge in [0.05, 0.1) is 13.7 Å². The van der Waals surface area contributed by atoms with E-state index in [1.54, 1.807) is 30.3 Å². The Labute approximate surface area is 168 Å². The first-order chi connectivity index (χ1) is 14.1. The van der Waals surface area contributed by atoms with Crippen molar-refractivity contribution in [2.24, 2.45) is 0 Å². The minimum Gasteiger partial charge on any atom is -0.467 e. The second-order valence-corrected chi connectivity index (χ2v) is 6.58. The van der Waals surface area contributed by atoms with Crippen LogP contribution in [0.2, 0.25) is 0 Å². The largest absolute Gasteiger partial charge is 0.467 e. The molecule has 1 atom stereocenters. The number of methoxy groups -OCH3 is 1. The van der Waals surface area contributed by atoms with Crippen molar-refractivity contribution in [1.82, 2.24) is 10.6 Å². The molecule has 148 valence electrons. The van der Waals surface area contributed by atoms with Crippen LogP contribution in [-0.2, 0) is 20.7 Å². The summed E-state index contributed by atoms with van der Waals surface area (Å²) >= 11 is 0. The van der Waals surface area contributed by atoms with Gasteiger partial charge in [-0.2, -0.15) is 0 Å². The molecule has 29 heavy (non-hydrogen) atoms. The summed E-state index contributed by atoms with van der Waals surface area (Å²) in [5.74, 6) is -1.36. The highest BCUT2D eigenvalue weighted by atomic mass is 16.5. The van der Waals surface area contributed by atoms with E-state index in [4.69, 9.17) is 4.74 Å². The lowest BCUT2D eigenvalue weighted by atomic mass is 10.0. The molecule has 0 heterocycles. The van der Waals surface area contributed by atoms with Gasteiger partial charge in [0.2, 0.25) is 5.91 Å². The number of amides is 2. The Morgan fingerprint density at radius 2 is 1.59 bits per heavy atom. The Morgan fingerprint density at radius 3 is 2.31 bits per heavy atom. The van der Waals surface area contributed by atoms with Crippen LogP contribution in [0.3, 0.4) is 0 Å². The maximum absolute atomic E-state index is 12.3. The van der Waals surface area contributed by atoms with Gasteiger partial charge in [-0.05, 0) is 28.5 Å². The Hall–Kier alpha value is -3.67. The molecule has 0 aromatic heterocycles. The van der Waals surface area contributed by atoms with Crippen molar-refractivity contribution < 1.29 is 19.1 Å². The number of nitrogens with one attached hydrogen (secondary N) is 2. The summed E-state index contributed by atoms with van der Waals surface area (Å²) in [6, 6.07) is 21.5. The SMILES string of the molecule is COC(=O)[C@@H](Cc1ccc2ccccc2c1)NC(=O)CNC(=O)c1ccccc1. The van der Waals surface area contributed by atoms with Crippen molar-refractivity contribution in [3.05, 3.63) is 83.9 Å². The van der Waals surface area contributed by atoms with Crippen molar-refractivity contribution in [3.63, 3.8) is 0 Å². The van der Waals surface area contributed by atoms with Crippen LogP contribution in [0.4, 0.5) is 0 Å². The Kier molecular flexibility index (Phi) is 6.58. The number of rotatable bonds is 7. The van der Waals surface area contributed by atoms with Gasteiger partial charge >= 0.3 is 5.97 Å². The van der Waals surface area contributed by atoms with Gasteiger partial charge in [0.25, 0.3) is 5.91 Å². The van der Waals surface area contributed by atoms with Crippen LogP contribution in [-0.4, -0.2) is 37.5 Å². The van der Waals surface area contributed by atoms with Crippen molar-refractivity contribution >= 4 is 28.6 Å². The van der Waals surface area contributed by atoms with Crippen molar-refractivity contribution in [1.29, 1.82) is 0 Å². The summed E-state index contributed by atoms with van der Waals surface area (Å²) in [5.41, 5.74) is 1.36. The molecular formula is C23H22N2O4. The molecule has 0 aliphatic carbocycles. The van der Waals surface area contributed by atoms with E-state index in [2.05, 4.69) is 10.6 Å². The van der Waals surface area contributed by atoms with E-state index in [1.807, 2.05) is 42.5 Å². The van der Waals surface area contributed by atoms with E-state index in [1.165, 1.54) is 7.11 Å². The lowest BCUT2D eigenvalue weighted by Crippen LogP contribution is -2.47. The van der Waals surface area contributed by atoms with Crippen molar-refractivity contribution in [2.45, 2.75) is 12.5 Å². The summed E-state index contributed by atoms with van der Waals surface area (Å²) in [7, 11) is 1.28. The standard InChI is InChI=1S/C23H22N2O4/c1-29-23(28)20(14-16-11-12-17-7-5-6-10-19(17)13-16)25-21(26)15-24-22(27)18-8-3-2-4-9-18/h2-13,20H,14-15H2,1H3,(H,24,27)(H,25,26)/t20-/m1/s1. The highest BCUT2D eigenvalue weighted by Gasteiger charge is 2.22. The molecule has 6 nitrogen and oxygen atoms in total. The van der Waals surface area contributed by atoms with Crippen molar-refractivity contribution in [3.8, 4) is 0 Å². The number of carbonyl (C=O) groups excluding carboxylic acids is 3. The molecule has 0 saturated heterocycles. The van der Waals surface area contributed by atoms with Crippen LogP contribution in [0, 0.1) is 0 Å². The molecule has 0 fully saturated rings. The zero-order valence-corrected chi connectivity index (χ0v) is 16.1. The molecule has 0 aliphatic rings.